The minimum atomic E-state index is 0. The molecule has 0 aliphatic rings. The maximum atomic E-state index is 8.49. The molecule has 13 heavy (non-hydrogen) atoms. The van der Waals surface area contributed by atoms with Crippen molar-refractivity contribution in [2.24, 2.45) is 5.73 Å². The van der Waals surface area contributed by atoms with Gasteiger partial charge in [0.2, 0.25) is 0 Å². The highest BCUT2D eigenvalue weighted by Gasteiger charge is 1.93. The quantitative estimate of drug-likeness (QED) is 0.816. The first-order valence-corrected chi connectivity index (χ1v) is 3.42. The van der Waals surface area contributed by atoms with Gasteiger partial charge in [-0.2, -0.15) is 5.26 Å². The minimum absolute atomic E-state index is 0. The van der Waals surface area contributed by atoms with Crippen molar-refractivity contribution in [1.82, 2.24) is 4.98 Å². The molecule has 0 amide bonds. The molecule has 72 valence electrons. The van der Waals surface area contributed by atoms with Gasteiger partial charge in [0.1, 0.15) is 11.8 Å². The summed E-state index contributed by atoms with van der Waals surface area (Å²) in [6.07, 6.45) is 2.43. The third kappa shape index (κ3) is 4.69. The Morgan fingerprint density at radius 3 is 2.69 bits per heavy atom. The maximum absolute atomic E-state index is 8.49. The van der Waals surface area contributed by atoms with Crippen LogP contribution in [0.25, 0.3) is 0 Å². The third-order valence-electron chi connectivity index (χ3n) is 1.37. The van der Waals surface area contributed by atoms with E-state index in [0.29, 0.717) is 12.2 Å². The summed E-state index contributed by atoms with van der Waals surface area (Å²) >= 11 is 0. The van der Waals surface area contributed by atoms with E-state index in [1.54, 1.807) is 12.3 Å². The molecule has 5 heteroatoms. The Balaban J connectivity index is 0. The van der Waals surface area contributed by atoms with Gasteiger partial charge in [-0.1, -0.05) is 0 Å². The number of hydrogen-bond donors (Lipinski definition) is 1. The smallest absolute Gasteiger partial charge is 0.140 e. The van der Waals surface area contributed by atoms with Crippen molar-refractivity contribution in [3.63, 3.8) is 0 Å². The topological polar surface area (TPSA) is 62.7 Å². The van der Waals surface area contributed by atoms with Crippen LogP contribution < -0.4 is 5.73 Å². The van der Waals surface area contributed by atoms with E-state index in [1.807, 2.05) is 12.1 Å². The van der Waals surface area contributed by atoms with Crippen molar-refractivity contribution in [3.8, 4) is 6.07 Å². The number of nitriles is 1. The molecule has 0 aliphatic carbocycles. The average molecular weight is 220 g/mol. The van der Waals surface area contributed by atoms with E-state index < -0.39 is 0 Å². The standard InChI is InChI=1S/C8H9N3.2ClH/c9-3-1-7-2-4-11-8(5-7)6-10;;/h2,4-5H,1,3,9H2;2*1H. The summed E-state index contributed by atoms with van der Waals surface area (Å²) in [7, 11) is 0. The number of pyridine rings is 1. The van der Waals surface area contributed by atoms with Gasteiger partial charge in [0.15, 0.2) is 0 Å². The molecule has 0 bridgehead atoms. The second-order valence-electron chi connectivity index (χ2n) is 2.20. The van der Waals surface area contributed by atoms with Crippen LogP contribution in [0.3, 0.4) is 0 Å². The molecule has 0 saturated carbocycles. The Kier molecular flexibility index (Phi) is 8.83. The molecule has 3 nitrogen and oxygen atoms in total. The van der Waals surface area contributed by atoms with E-state index in [9.17, 15) is 0 Å². The van der Waals surface area contributed by atoms with Gasteiger partial charge in [-0.05, 0) is 30.7 Å². The fraction of sp³-hybridized carbons (Fsp3) is 0.250. The second kappa shape index (κ2) is 7.81. The van der Waals surface area contributed by atoms with Gasteiger partial charge in [-0.3, -0.25) is 0 Å². The van der Waals surface area contributed by atoms with E-state index in [-0.39, 0.29) is 24.8 Å². The maximum Gasteiger partial charge on any atom is 0.140 e. The predicted octanol–water partition coefficient (Wildman–Crippen LogP) is 1.30. The molecule has 0 aliphatic heterocycles. The molecule has 0 radical (unpaired) electrons. The normalized spacial score (nSPS) is 7.69. The van der Waals surface area contributed by atoms with E-state index in [4.69, 9.17) is 11.0 Å². The molecule has 1 rings (SSSR count). The summed E-state index contributed by atoms with van der Waals surface area (Å²) in [4.78, 5) is 3.84. The summed E-state index contributed by atoms with van der Waals surface area (Å²) in [5.41, 5.74) is 6.87. The molecule has 0 atom stereocenters. The Labute approximate surface area is 89.8 Å². The minimum Gasteiger partial charge on any atom is -0.330 e. The number of nitrogens with zero attached hydrogens (tertiary/aromatic N) is 2. The van der Waals surface area contributed by atoms with Crippen LogP contribution in [0, 0.1) is 11.3 Å². The van der Waals surface area contributed by atoms with Gasteiger partial charge >= 0.3 is 0 Å². The largest absolute Gasteiger partial charge is 0.330 e. The van der Waals surface area contributed by atoms with Gasteiger partial charge in [-0.15, -0.1) is 24.8 Å². The Hall–Kier alpha value is -0.820. The number of halogens is 2. The number of nitrogens with two attached hydrogens (primary N) is 1. The lowest BCUT2D eigenvalue weighted by atomic mass is 10.2. The summed E-state index contributed by atoms with van der Waals surface area (Å²) < 4.78 is 0. The highest BCUT2D eigenvalue weighted by Crippen LogP contribution is 2.00. The lowest BCUT2D eigenvalue weighted by molar-refractivity contribution is 0.962. The van der Waals surface area contributed by atoms with Gasteiger partial charge in [-0.25, -0.2) is 4.98 Å². The van der Waals surface area contributed by atoms with Crippen molar-refractivity contribution in [1.29, 1.82) is 5.26 Å². The van der Waals surface area contributed by atoms with Crippen LogP contribution in [0.5, 0.6) is 0 Å². The van der Waals surface area contributed by atoms with Crippen LogP contribution in [0.4, 0.5) is 0 Å². The fourth-order valence-electron chi connectivity index (χ4n) is 0.858. The van der Waals surface area contributed by atoms with Gasteiger partial charge in [0, 0.05) is 6.20 Å². The SMILES string of the molecule is Cl.Cl.N#Cc1cc(CCN)ccn1. The zero-order chi connectivity index (χ0) is 8.10. The van der Waals surface area contributed by atoms with Crippen LogP contribution in [0.1, 0.15) is 11.3 Å². The summed E-state index contributed by atoms with van der Waals surface area (Å²) in [6, 6.07) is 5.60. The zero-order valence-electron chi connectivity index (χ0n) is 6.93. The van der Waals surface area contributed by atoms with Crippen molar-refractivity contribution < 1.29 is 0 Å². The first-order chi connectivity index (χ1) is 5.36. The molecule has 0 unspecified atom stereocenters. The number of rotatable bonds is 2. The summed E-state index contributed by atoms with van der Waals surface area (Å²) in [5, 5.41) is 8.49. The van der Waals surface area contributed by atoms with Crippen LogP contribution in [-0.4, -0.2) is 11.5 Å². The molecule has 1 heterocycles. The summed E-state index contributed by atoms with van der Waals surface area (Å²) in [5.74, 6) is 0. The van der Waals surface area contributed by atoms with E-state index in [0.717, 1.165) is 12.0 Å². The first-order valence-electron chi connectivity index (χ1n) is 3.42. The third-order valence-corrected chi connectivity index (χ3v) is 1.37. The number of aromatic nitrogens is 1. The Morgan fingerprint density at radius 2 is 2.15 bits per heavy atom. The lowest BCUT2D eigenvalue weighted by Gasteiger charge is -1.96. The molecular formula is C8H11Cl2N3. The van der Waals surface area contributed by atoms with Crippen LogP contribution in [-0.2, 0) is 6.42 Å². The second-order valence-corrected chi connectivity index (χ2v) is 2.20. The van der Waals surface area contributed by atoms with Crippen molar-refractivity contribution in [2.45, 2.75) is 6.42 Å². The van der Waals surface area contributed by atoms with E-state index >= 15 is 0 Å². The molecule has 0 spiro atoms. The lowest BCUT2D eigenvalue weighted by Crippen LogP contribution is -2.02. The highest BCUT2D eigenvalue weighted by molar-refractivity contribution is 5.85. The first kappa shape index (κ1) is 14.7. The van der Waals surface area contributed by atoms with Crippen molar-refractivity contribution in [3.05, 3.63) is 29.6 Å². The van der Waals surface area contributed by atoms with E-state index in [2.05, 4.69) is 4.98 Å². The molecule has 0 saturated heterocycles. The average Bonchev–Trinajstić information content (AvgIpc) is 2.06. The molecule has 0 aromatic carbocycles. The van der Waals surface area contributed by atoms with Crippen molar-refractivity contribution in [2.75, 3.05) is 6.54 Å². The Morgan fingerprint density at radius 1 is 1.46 bits per heavy atom. The summed E-state index contributed by atoms with van der Waals surface area (Å²) in [6.45, 7) is 0.606. The molecule has 0 fully saturated rings. The molecule has 1 aromatic heterocycles. The van der Waals surface area contributed by atoms with Gasteiger partial charge < -0.3 is 5.73 Å². The predicted molar refractivity (Wildman–Crippen MR) is 56.2 cm³/mol. The van der Waals surface area contributed by atoms with Gasteiger partial charge in [0.05, 0.1) is 0 Å². The zero-order valence-corrected chi connectivity index (χ0v) is 8.57. The number of hydrogen-bond acceptors (Lipinski definition) is 3. The molecule has 2 N–H and O–H groups in total. The molecule has 1 aromatic rings. The van der Waals surface area contributed by atoms with Crippen LogP contribution in [0.15, 0.2) is 18.3 Å². The Bertz CT molecular complexity index is 283. The van der Waals surface area contributed by atoms with Gasteiger partial charge in [0.25, 0.3) is 0 Å². The monoisotopic (exact) mass is 219 g/mol. The van der Waals surface area contributed by atoms with Crippen LogP contribution in [0.2, 0.25) is 0 Å². The fourth-order valence-corrected chi connectivity index (χ4v) is 0.858. The van der Waals surface area contributed by atoms with E-state index in [1.165, 1.54) is 0 Å². The van der Waals surface area contributed by atoms with Crippen LogP contribution >= 0.6 is 24.8 Å². The van der Waals surface area contributed by atoms with Crippen molar-refractivity contribution >= 4 is 24.8 Å². The molecular weight excluding hydrogens is 209 g/mol. The highest BCUT2D eigenvalue weighted by atomic mass is 35.5.